The summed E-state index contributed by atoms with van der Waals surface area (Å²) in [6, 6.07) is 22.6. The predicted molar refractivity (Wildman–Crippen MR) is 174 cm³/mol. The molecule has 44 heavy (non-hydrogen) atoms. The maximum absolute atomic E-state index is 12.3. The molecule has 2 heterocycles. The van der Waals surface area contributed by atoms with E-state index in [-0.39, 0.29) is 5.92 Å². The van der Waals surface area contributed by atoms with Crippen LogP contribution in [-0.4, -0.2) is 23.5 Å². The average molecular weight is 707 g/mol. The molecule has 0 saturated heterocycles. The molecule has 8 nitrogen and oxygen atoms in total. The second-order valence-corrected chi connectivity index (χ2v) is 13.6. The molecular weight excluding hydrogens is 675 g/mol. The number of rotatable bonds is 3. The third-order valence-corrected chi connectivity index (χ3v) is 7.42. The third kappa shape index (κ3) is 6.19. The molecule has 1 aliphatic heterocycles. The van der Waals surface area contributed by atoms with Gasteiger partial charge in [-0.1, -0.05) is 24.3 Å². The summed E-state index contributed by atoms with van der Waals surface area (Å²) in [5.74, 6) is 2.58. The SMILES string of the molecule is CC(C)(C)OC(=O)Oc1ccc2c3c(ccc2c1)Oc1ccc2cc(OC(=O)OC(C)(C)C)ccc2c1C3c1ccc(I)o1. The number of halogens is 1. The molecule has 0 N–H and O–H groups in total. The maximum atomic E-state index is 12.3. The van der Waals surface area contributed by atoms with E-state index >= 15 is 0 Å². The van der Waals surface area contributed by atoms with Crippen molar-refractivity contribution in [2.45, 2.75) is 58.7 Å². The number of ether oxygens (including phenoxy) is 5. The highest BCUT2D eigenvalue weighted by Crippen LogP contribution is 2.52. The van der Waals surface area contributed by atoms with Gasteiger partial charge in [-0.3, -0.25) is 0 Å². The zero-order valence-electron chi connectivity index (χ0n) is 25.1. The van der Waals surface area contributed by atoms with Crippen molar-refractivity contribution in [3.05, 3.63) is 93.5 Å². The summed E-state index contributed by atoms with van der Waals surface area (Å²) >= 11 is 2.16. The van der Waals surface area contributed by atoms with Crippen LogP contribution in [0.4, 0.5) is 9.59 Å². The van der Waals surface area contributed by atoms with Gasteiger partial charge in [0.25, 0.3) is 0 Å². The van der Waals surface area contributed by atoms with Gasteiger partial charge in [-0.05, 0) is 134 Å². The molecule has 6 rings (SSSR count). The van der Waals surface area contributed by atoms with Gasteiger partial charge in [-0.15, -0.1) is 0 Å². The number of carbonyl (C=O) groups excluding carboxylic acids is 2. The van der Waals surface area contributed by atoms with Gasteiger partial charge in [0, 0.05) is 11.1 Å². The lowest BCUT2D eigenvalue weighted by Crippen LogP contribution is -2.25. The first kappa shape index (κ1) is 29.8. The smallest absolute Gasteiger partial charge is 0.457 e. The standard InChI is InChI=1S/C35H31IO8/c1-34(2,3)43-32(37)39-21-9-11-23-19(17-21)7-13-25-29(23)31(27-15-16-28(36)42-27)30-24-12-10-22(40-33(38)44-35(4,5)6)18-20(24)8-14-26(30)41-25/h7-18,31H,1-6H3. The van der Waals surface area contributed by atoms with E-state index in [0.717, 1.165) is 42.2 Å². The van der Waals surface area contributed by atoms with Crippen LogP contribution >= 0.6 is 22.6 Å². The average Bonchev–Trinajstić information content (AvgIpc) is 3.34. The predicted octanol–water partition coefficient (Wildman–Crippen LogP) is 10.1. The molecule has 0 unspecified atom stereocenters. The van der Waals surface area contributed by atoms with Gasteiger partial charge in [-0.25, -0.2) is 9.59 Å². The molecule has 1 aliphatic rings. The van der Waals surface area contributed by atoms with Gasteiger partial charge >= 0.3 is 12.3 Å². The lowest BCUT2D eigenvalue weighted by Gasteiger charge is -2.30. The van der Waals surface area contributed by atoms with Crippen LogP contribution < -0.4 is 14.2 Å². The Morgan fingerprint density at radius 3 is 1.55 bits per heavy atom. The van der Waals surface area contributed by atoms with E-state index in [1.54, 1.807) is 65.8 Å². The molecular formula is C35H31IO8. The molecule has 1 aromatic heterocycles. The Bertz CT molecular complexity index is 1810. The van der Waals surface area contributed by atoms with Crippen molar-refractivity contribution in [2.24, 2.45) is 0 Å². The molecule has 0 fully saturated rings. The highest BCUT2D eigenvalue weighted by atomic mass is 127. The molecule has 226 valence electrons. The quantitative estimate of drug-likeness (QED) is 0.102. The fraction of sp³-hybridized carbons (Fsp3) is 0.257. The van der Waals surface area contributed by atoms with Crippen molar-refractivity contribution < 1.29 is 37.7 Å². The Balaban J connectivity index is 1.45. The van der Waals surface area contributed by atoms with Crippen LogP contribution in [0.5, 0.6) is 23.0 Å². The van der Waals surface area contributed by atoms with Crippen LogP contribution in [0.2, 0.25) is 0 Å². The van der Waals surface area contributed by atoms with E-state index in [1.165, 1.54) is 0 Å². The van der Waals surface area contributed by atoms with Crippen LogP contribution in [0.15, 0.2) is 77.2 Å². The van der Waals surface area contributed by atoms with Gasteiger partial charge < -0.3 is 28.1 Å². The molecule has 0 radical (unpaired) electrons. The minimum absolute atomic E-state index is 0.320. The fourth-order valence-electron chi connectivity index (χ4n) is 5.29. The first-order valence-corrected chi connectivity index (χ1v) is 15.2. The Kier molecular flexibility index (Phi) is 7.47. The number of fused-ring (bicyclic) bond motifs is 6. The topological polar surface area (TPSA) is 93.4 Å². The van der Waals surface area contributed by atoms with Crippen LogP contribution in [0.1, 0.15) is 64.3 Å². The largest absolute Gasteiger partial charge is 0.514 e. The van der Waals surface area contributed by atoms with E-state index in [0.29, 0.717) is 23.0 Å². The Morgan fingerprint density at radius 1 is 0.659 bits per heavy atom. The molecule has 0 amide bonds. The summed E-state index contributed by atoms with van der Waals surface area (Å²) in [6.07, 6.45) is -1.53. The molecule has 5 aromatic rings. The van der Waals surface area contributed by atoms with Crippen LogP contribution in [0, 0.1) is 3.77 Å². The minimum atomic E-state index is -0.767. The zero-order valence-corrected chi connectivity index (χ0v) is 27.3. The van der Waals surface area contributed by atoms with Gasteiger partial charge in [-0.2, -0.15) is 0 Å². The summed E-state index contributed by atoms with van der Waals surface area (Å²) < 4.78 is 35.1. The van der Waals surface area contributed by atoms with Crippen molar-refractivity contribution in [2.75, 3.05) is 0 Å². The summed E-state index contributed by atoms with van der Waals surface area (Å²) in [7, 11) is 0. The Morgan fingerprint density at radius 2 is 1.14 bits per heavy atom. The lowest BCUT2D eigenvalue weighted by atomic mass is 9.81. The number of hydrogen-bond donors (Lipinski definition) is 0. The van der Waals surface area contributed by atoms with E-state index < -0.39 is 23.5 Å². The maximum Gasteiger partial charge on any atom is 0.514 e. The van der Waals surface area contributed by atoms with Gasteiger partial charge in [0.15, 0.2) is 3.77 Å². The molecule has 9 heteroatoms. The monoisotopic (exact) mass is 706 g/mol. The second-order valence-electron chi connectivity index (χ2n) is 12.5. The zero-order chi connectivity index (χ0) is 31.4. The van der Waals surface area contributed by atoms with Crippen LogP contribution in [-0.2, 0) is 9.47 Å². The van der Waals surface area contributed by atoms with Crippen molar-refractivity contribution in [1.82, 2.24) is 0 Å². The van der Waals surface area contributed by atoms with E-state index in [1.807, 2.05) is 48.5 Å². The van der Waals surface area contributed by atoms with Gasteiger partial charge in [0.1, 0.15) is 40.0 Å². The lowest BCUT2D eigenvalue weighted by molar-refractivity contribution is 0.0193. The van der Waals surface area contributed by atoms with Crippen molar-refractivity contribution in [3.63, 3.8) is 0 Å². The highest BCUT2D eigenvalue weighted by molar-refractivity contribution is 14.1. The molecule has 0 bridgehead atoms. The fourth-order valence-corrected chi connectivity index (χ4v) is 5.72. The van der Waals surface area contributed by atoms with E-state index in [2.05, 4.69) is 22.6 Å². The van der Waals surface area contributed by atoms with Crippen molar-refractivity contribution in [1.29, 1.82) is 0 Å². The molecule has 0 atom stereocenters. The summed E-state index contributed by atoms with van der Waals surface area (Å²) in [6.45, 7) is 10.7. The van der Waals surface area contributed by atoms with E-state index in [4.69, 9.17) is 28.1 Å². The molecule has 0 aliphatic carbocycles. The summed E-state index contributed by atoms with van der Waals surface area (Å²) in [5.41, 5.74) is 0.505. The summed E-state index contributed by atoms with van der Waals surface area (Å²) in [5, 5.41) is 3.55. The van der Waals surface area contributed by atoms with Gasteiger partial charge in [0.2, 0.25) is 0 Å². The number of hydrogen-bond acceptors (Lipinski definition) is 8. The summed E-state index contributed by atoms with van der Waals surface area (Å²) in [4.78, 5) is 24.7. The highest BCUT2D eigenvalue weighted by Gasteiger charge is 2.34. The third-order valence-electron chi connectivity index (χ3n) is 6.84. The Labute approximate surface area is 268 Å². The van der Waals surface area contributed by atoms with Gasteiger partial charge in [0.05, 0.1) is 5.92 Å². The second kappa shape index (κ2) is 11.0. The van der Waals surface area contributed by atoms with Crippen LogP contribution in [0.3, 0.4) is 0 Å². The molecule has 0 saturated carbocycles. The normalized spacial score (nSPS) is 13.2. The van der Waals surface area contributed by atoms with Crippen molar-refractivity contribution >= 4 is 56.4 Å². The first-order chi connectivity index (χ1) is 20.7. The number of furan rings is 1. The first-order valence-electron chi connectivity index (χ1n) is 14.1. The van der Waals surface area contributed by atoms with Crippen LogP contribution in [0.25, 0.3) is 21.5 Å². The van der Waals surface area contributed by atoms with E-state index in [9.17, 15) is 9.59 Å². The number of benzene rings is 4. The number of carbonyl (C=O) groups is 2. The minimum Gasteiger partial charge on any atom is -0.457 e. The Hall–Kier alpha value is -4.25. The molecule has 4 aromatic carbocycles. The van der Waals surface area contributed by atoms with Crippen molar-refractivity contribution in [3.8, 4) is 23.0 Å². The molecule has 0 spiro atoms.